The van der Waals surface area contributed by atoms with Crippen LogP contribution in [-0.2, 0) is 15.1 Å². The van der Waals surface area contributed by atoms with Crippen molar-refractivity contribution in [2.45, 2.75) is 31.0 Å². The number of amides is 1. The van der Waals surface area contributed by atoms with Gasteiger partial charge in [-0.25, -0.2) is 4.39 Å². The first-order valence-corrected chi connectivity index (χ1v) is 8.42. The lowest BCUT2D eigenvalue weighted by Crippen LogP contribution is -2.64. The number of carbonyl (C=O) groups excluding carboxylic acids is 1. The highest BCUT2D eigenvalue weighted by Gasteiger charge is 2.46. The summed E-state index contributed by atoms with van der Waals surface area (Å²) in [6.45, 7) is 4.28. The number of halogens is 1. The largest absolute Gasteiger partial charge is 0.386 e. The average Bonchev–Trinajstić information content (AvgIpc) is 2.60. The molecule has 3 saturated heterocycles. The van der Waals surface area contributed by atoms with Crippen LogP contribution < -0.4 is 5.32 Å². The maximum absolute atomic E-state index is 14.1. The van der Waals surface area contributed by atoms with Crippen LogP contribution in [0.4, 0.5) is 4.39 Å². The molecule has 6 heteroatoms. The van der Waals surface area contributed by atoms with E-state index in [1.165, 1.54) is 13.2 Å². The number of benzene rings is 1. The lowest BCUT2D eigenvalue weighted by molar-refractivity contribution is -0.148. The molecule has 0 aliphatic carbocycles. The summed E-state index contributed by atoms with van der Waals surface area (Å²) < 4.78 is 19.5. The van der Waals surface area contributed by atoms with Gasteiger partial charge in [0, 0.05) is 25.8 Å². The molecule has 0 aromatic heterocycles. The van der Waals surface area contributed by atoms with Gasteiger partial charge in [0.05, 0.1) is 5.60 Å². The number of nitrogens with one attached hydrogen (secondary N) is 1. The molecule has 2 unspecified atom stereocenters. The van der Waals surface area contributed by atoms with Crippen LogP contribution >= 0.6 is 0 Å². The molecule has 4 rings (SSSR count). The summed E-state index contributed by atoms with van der Waals surface area (Å²) in [5.41, 5.74) is -2.17. The Morgan fingerprint density at radius 3 is 2.67 bits per heavy atom. The molecule has 0 radical (unpaired) electrons. The highest BCUT2D eigenvalue weighted by atomic mass is 19.1. The highest BCUT2D eigenvalue weighted by molar-refractivity contribution is 5.86. The Kier molecular flexibility index (Phi) is 4.64. The quantitative estimate of drug-likeness (QED) is 0.850. The standard InChI is InChI=1S/C18H25FN2O3/c1-17(24-2,14-5-3-4-6-15(14)19)16(22)20-11-18(23)12-21-9-7-13(18)8-10-21/h3-6,13,23H,7-12H2,1-2H3,(H,20,22). The first-order valence-electron chi connectivity index (χ1n) is 8.42. The normalized spacial score (nSPS) is 31.5. The summed E-state index contributed by atoms with van der Waals surface area (Å²) >= 11 is 0. The van der Waals surface area contributed by atoms with Crippen LogP contribution in [0.5, 0.6) is 0 Å². The van der Waals surface area contributed by atoms with Gasteiger partial charge in [-0.15, -0.1) is 0 Å². The van der Waals surface area contributed by atoms with Crippen LogP contribution in [0.1, 0.15) is 25.3 Å². The van der Waals surface area contributed by atoms with Crippen molar-refractivity contribution < 1.29 is 19.0 Å². The van der Waals surface area contributed by atoms with Gasteiger partial charge in [0.15, 0.2) is 5.60 Å². The number of methoxy groups -OCH3 is 1. The second-order valence-electron chi connectivity index (χ2n) is 7.05. The lowest BCUT2D eigenvalue weighted by atomic mass is 9.75. The van der Waals surface area contributed by atoms with Crippen LogP contribution in [0.3, 0.4) is 0 Å². The first kappa shape index (κ1) is 17.3. The minimum Gasteiger partial charge on any atom is -0.386 e. The summed E-state index contributed by atoms with van der Waals surface area (Å²) in [5.74, 6) is -0.733. The second kappa shape index (κ2) is 6.43. The molecular weight excluding hydrogens is 311 g/mol. The van der Waals surface area contributed by atoms with E-state index >= 15 is 0 Å². The molecule has 1 aromatic carbocycles. The van der Waals surface area contributed by atoms with Gasteiger partial charge < -0.3 is 20.1 Å². The third-order valence-corrected chi connectivity index (χ3v) is 5.63. The SMILES string of the molecule is COC(C)(C(=O)NCC1(O)CN2CCC1CC2)c1ccccc1F. The molecule has 24 heavy (non-hydrogen) atoms. The second-order valence-corrected chi connectivity index (χ2v) is 7.05. The van der Waals surface area contributed by atoms with Gasteiger partial charge in [-0.2, -0.15) is 0 Å². The van der Waals surface area contributed by atoms with Crippen molar-refractivity contribution >= 4 is 5.91 Å². The molecule has 3 heterocycles. The molecule has 3 fully saturated rings. The van der Waals surface area contributed by atoms with Gasteiger partial charge in [-0.1, -0.05) is 18.2 Å². The number of carbonyl (C=O) groups is 1. The Bertz CT molecular complexity index is 618. The first-order chi connectivity index (χ1) is 11.4. The third kappa shape index (κ3) is 2.94. The number of rotatable bonds is 5. The van der Waals surface area contributed by atoms with Crippen LogP contribution in [0.2, 0.25) is 0 Å². The molecule has 0 spiro atoms. The Morgan fingerprint density at radius 2 is 2.12 bits per heavy atom. The third-order valence-electron chi connectivity index (χ3n) is 5.63. The Balaban J connectivity index is 1.72. The maximum atomic E-state index is 14.1. The van der Waals surface area contributed by atoms with Crippen molar-refractivity contribution in [1.29, 1.82) is 0 Å². The zero-order valence-electron chi connectivity index (χ0n) is 14.2. The van der Waals surface area contributed by atoms with Crippen molar-refractivity contribution in [3.05, 3.63) is 35.6 Å². The van der Waals surface area contributed by atoms with Crippen molar-refractivity contribution in [2.24, 2.45) is 5.92 Å². The van der Waals surface area contributed by atoms with Crippen molar-refractivity contribution in [1.82, 2.24) is 10.2 Å². The summed E-state index contributed by atoms with van der Waals surface area (Å²) in [6.07, 6.45) is 1.89. The Hall–Kier alpha value is -1.50. The number of hydrogen-bond donors (Lipinski definition) is 2. The number of hydrogen-bond acceptors (Lipinski definition) is 4. The smallest absolute Gasteiger partial charge is 0.256 e. The van der Waals surface area contributed by atoms with E-state index < -0.39 is 22.9 Å². The molecule has 0 saturated carbocycles. The van der Waals surface area contributed by atoms with E-state index in [0.29, 0.717) is 6.54 Å². The molecule has 3 aliphatic rings. The number of ether oxygens (including phenoxy) is 1. The predicted molar refractivity (Wildman–Crippen MR) is 87.9 cm³/mol. The van der Waals surface area contributed by atoms with Crippen LogP contribution in [-0.4, -0.2) is 54.8 Å². The highest BCUT2D eigenvalue weighted by Crippen LogP contribution is 2.35. The van der Waals surface area contributed by atoms with Crippen LogP contribution in [0, 0.1) is 11.7 Å². The number of nitrogens with zero attached hydrogens (tertiary/aromatic N) is 1. The lowest BCUT2D eigenvalue weighted by Gasteiger charge is -2.50. The van der Waals surface area contributed by atoms with Gasteiger partial charge in [0.25, 0.3) is 5.91 Å². The summed E-state index contributed by atoms with van der Waals surface area (Å²) in [5, 5.41) is 13.7. The van der Waals surface area contributed by atoms with Crippen LogP contribution in [0.25, 0.3) is 0 Å². The molecule has 2 bridgehead atoms. The summed E-state index contributed by atoms with van der Waals surface area (Å²) in [4.78, 5) is 14.9. The minimum atomic E-state index is -1.43. The van der Waals surface area contributed by atoms with Crippen molar-refractivity contribution in [2.75, 3.05) is 33.3 Å². The van der Waals surface area contributed by atoms with E-state index in [1.807, 2.05) is 0 Å². The molecule has 132 valence electrons. The van der Waals surface area contributed by atoms with E-state index in [0.717, 1.165) is 25.9 Å². The van der Waals surface area contributed by atoms with Gasteiger partial charge >= 0.3 is 0 Å². The average molecular weight is 336 g/mol. The fourth-order valence-corrected chi connectivity index (χ4v) is 3.92. The molecule has 5 nitrogen and oxygen atoms in total. The van der Waals surface area contributed by atoms with Crippen LogP contribution in [0.15, 0.2) is 24.3 Å². The molecule has 2 atom stereocenters. The summed E-state index contributed by atoms with van der Waals surface area (Å²) in [7, 11) is 1.38. The van der Waals surface area contributed by atoms with Gasteiger partial charge in [0.1, 0.15) is 5.82 Å². The van der Waals surface area contributed by atoms with Gasteiger partial charge in [0.2, 0.25) is 0 Å². The number of piperidine rings is 3. The fourth-order valence-electron chi connectivity index (χ4n) is 3.92. The number of fused-ring (bicyclic) bond motifs is 3. The van der Waals surface area contributed by atoms with Gasteiger partial charge in [-0.05, 0) is 44.8 Å². The monoisotopic (exact) mass is 336 g/mol. The topological polar surface area (TPSA) is 61.8 Å². The molecular formula is C18H25FN2O3. The molecule has 2 N–H and O–H groups in total. The number of aliphatic hydroxyl groups is 1. The minimum absolute atomic E-state index is 0.153. The zero-order valence-corrected chi connectivity index (χ0v) is 14.2. The molecule has 1 amide bonds. The van der Waals surface area contributed by atoms with E-state index in [4.69, 9.17) is 4.74 Å². The predicted octanol–water partition coefficient (Wildman–Crippen LogP) is 1.26. The Labute approximate surface area is 141 Å². The Morgan fingerprint density at radius 1 is 1.46 bits per heavy atom. The van der Waals surface area contributed by atoms with E-state index in [-0.39, 0.29) is 18.0 Å². The van der Waals surface area contributed by atoms with Crippen molar-refractivity contribution in [3.63, 3.8) is 0 Å². The zero-order chi connectivity index (χ0) is 17.4. The van der Waals surface area contributed by atoms with Crippen molar-refractivity contribution in [3.8, 4) is 0 Å². The molecule has 3 aliphatic heterocycles. The van der Waals surface area contributed by atoms with E-state index in [2.05, 4.69) is 10.2 Å². The van der Waals surface area contributed by atoms with E-state index in [9.17, 15) is 14.3 Å². The van der Waals surface area contributed by atoms with E-state index in [1.54, 1.807) is 25.1 Å². The maximum Gasteiger partial charge on any atom is 0.256 e. The van der Waals surface area contributed by atoms with Gasteiger partial charge in [-0.3, -0.25) is 4.79 Å². The molecule has 1 aromatic rings. The fraction of sp³-hybridized carbons (Fsp3) is 0.611. The summed E-state index contributed by atoms with van der Waals surface area (Å²) in [6, 6.07) is 6.09.